The molecule has 0 spiro atoms. The van der Waals surface area contributed by atoms with Crippen LogP contribution in [0, 0.1) is 5.82 Å². The van der Waals surface area contributed by atoms with Gasteiger partial charge in [0.2, 0.25) is 0 Å². The van der Waals surface area contributed by atoms with E-state index in [0.29, 0.717) is 5.02 Å². The fourth-order valence-corrected chi connectivity index (χ4v) is 2.11. The quantitative estimate of drug-likeness (QED) is 0.892. The first-order chi connectivity index (χ1) is 9.88. The lowest BCUT2D eigenvalue weighted by Gasteiger charge is -2.08. The van der Waals surface area contributed by atoms with Crippen LogP contribution in [0.25, 0.3) is 0 Å². The molecule has 2 N–H and O–H groups in total. The fraction of sp³-hybridized carbons (Fsp3) is 0. The van der Waals surface area contributed by atoms with E-state index in [0.717, 1.165) is 18.2 Å². The molecule has 7 heteroatoms. The highest BCUT2D eigenvalue weighted by atomic mass is 35.5. The van der Waals surface area contributed by atoms with E-state index in [4.69, 9.17) is 28.3 Å². The topological polar surface area (TPSA) is 66.4 Å². The maximum absolute atomic E-state index is 13.6. The molecule has 0 saturated carbocycles. The number of carbonyl (C=O) groups excluding carboxylic acids is 1. The van der Waals surface area contributed by atoms with Crippen molar-refractivity contribution >= 4 is 40.8 Å². The van der Waals surface area contributed by atoms with E-state index in [-0.39, 0.29) is 21.8 Å². The van der Waals surface area contributed by atoms with E-state index in [1.807, 2.05) is 0 Å². The van der Waals surface area contributed by atoms with Gasteiger partial charge in [0.25, 0.3) is 5.91 Å². The molecule has 2 aromatic rings. The third kappa shape index (κ3) is 3.51. The molecule has 108 valence electrons. The zero-order valence-corrected chi connectivity index (χ0v) is 11.9. The molecule has 0 atom stereocenters. The third-order valence-electron chi connectivity index (χ3n) is 2.64. The number of halogens is 3. The standard InChI is InChI=1S/C14H8Cl2FNO3/c15-8-2-3-9(10(16)6-8)13(19)18-12-5-7(14(20)21)1-4-11(12)17/h1-6H,(H,18,19)(H,20,21). The molecule has 0 aliphatic heterocycles. The second kappa shape index (κ2) is 6.11. The highest BCUT2D eigenvalue weighted by Gasteiger charge is 2.14. The summed E-state index contributed by atoms with van der Waals surface area (Å²) in [5.41, 5.74) is -0.291. The summed E-state index contributed by atoms with van der Waals surface area (Å²) < 4.78 is 13.6. The Morgan fingerprint density at radius 2 is 1.81 bits per heavy atom. The summed E-state index contributed by atoms with van der Waals surface area (Å²) in [6.45, 7) is 0. The second-order valence-electron chi connectivity index (χ2n) is 4.08. The molecule has 0 aromatic heterocycles. The molecule has 0 radical (unpaired) electrons. The maximum Gasteiger partial charge on any atom is 0.335 e. The van der Waals surface area contributed by atoms with Crippen LogP contribution in [0.1, 0.15) is 20.7 Å². The Kier molecular flexibility index (Phi) is 4.45. The average Bonchev–Trinajstić information content (AvgIpc) is 2.40. The molecule has 21 heavy (non-hydrogen) atoms. The number of nitrogens with one attached hydrogen (secondary N) is 1. The second-order valence-corrected chi connectivity index (χ2v) is 4.92. The molecular weight excluding hydrogens is 320 g/mol. The first-order valence-corrected chi connectivity index (χ1v) is 6.43. The minimum absolute atomic E-state index is 0.0983. The Morgan fingerprint density at radius 1 is 1.10 bits per heavy atom. The van der Waals surface area contributed by atoms with Gasteiger partial charge >= 0.3 is 5.97 Å². The molecule has 0 aliphatic carbocycles. The van der Waals surface area contributed by atoms with Gasteiger partial charge < -0.3 is 10.4 Å². The summed E-state index contributed by atoms with van der Waals surface area (Å²) in [6, 6.07) is 7.32. The van der Waals surface area contributed by atoms with Crippen LogP contribution in [0.4, 0.5) is 10.1 Å². The minimum Gasteiger partial charge on any atom is -0.478 e. The van der Waals surface area contributed by atoms with E-state index in [1.165, 1.54) is 18.2 Å². The van der Waals surface area contributed by atoms with Crippen LogP contribution in [0.3, 0.4) is 0 Å². The van der Waals surface area contributed by atoms with Crippen molar-refractivity contribution in [2.45, 2.75) is 0 Å². The molecule has 1 amide bonds. The number of carbonyl (C=O) groups is 2. The smallest absolute Gasteiger partial charge is 0.335 e. The number of hydrogen-bond donors (Lipinski definition) is 2. The number of amides is 1. The van der Waals surface area contributed by atoms with Crippen molar-refractivity contribution in [3.63, 3.8) is 0 Å². The van der Waals surface area contributed by atoms with Gasteiger partial charge in [-0.15, -0.1) is 0 Å². The highest BCUT2D eigenvalue weighted by Crippen LogP contribution is 2.23. The van der Waals surface area contributed by atoms with E-state index in [2.05, 4.69) is 5.32 Å². The van der Waals surface area contributed by atoms with Crippen LogP contribution >= 0.6 is 23.2 Å². The number of carboxylic acid groups (broad SMARTS) is 1. The molecule has 4 nitrogen and oxygen atoms in total. The van der Waals surface area contributed by atoms with Crippen molar-refractivity contribution in [2.24, 2.45) is 0 Å². The Balaban J connectivity index is 2.31. The average molecular weight is 328 g/mol. The Morgan fingerprint density at radius 3 is 2.43 bits per heavy atom. The van der Waals surface area contributed by atoms with Crippen molar-refractivity contribution < 1.29 is 19.1 Å². The number of benzene rings is 2. The summed E-state index contributed by atoms with van der Waals surface area (Å²) >= 11 is 11.6. The van der Waals surface area contributed by atoms with Crippen LogP contribution < -0.4 is 5.32 Å². The summed E-state index contributed by atoms with van der Waals surface area (Å²) in [5, 5.41) is 11.6. The molecule has 0 saturated heterocycles. The van der Waals surface area contributed by atoms with Gasteiger partial charge in [-0.3, -0.25) is 4.79 Å². The van der Waals surface area contributed by atoms with Crippen molar-refractivity contribution in [3.05, 3.63) is 63.4 Å². The Bertz CT molecular complexity index is 734. The number of hydrogen-bond acceptors (Lipinski definition) is 2. The number of rotatable bonds is 3. The minimum atomic E-state index is -1.23. The normalized spacial score (nSPS) is 10.2. The molecule has 2 rings (SSSR count). The van der Waals surface area contributed by atoms with Crippen LogP contribution in [0.2, 0.25) is 10.0 Å². The van der Waals surface area contributed by atoms with Crippen molar-refractivity contribution in [3.8, 4) is 0 Å². The van der Waals surface area contributed by atoms with Gasteiger partial charge in [0.05, 0.1) is 21.8 Å². The van der Waals surface area contributed by atoms with Crippen molar-refractivity contribution in [1.29, 1.82) is 0 Å². The van der Waals surface area contributed by atoms with Gasteiger partial charge in [0.15, 0.2) is 0 Å². The summed E-state index contributed by atoms with van der Waals surface area (Å²) in [4.78, 5) is 22.9. The highest BCUT2D eigenvalue weighted by molar-refractivity contribution is 6.37. The van der Waals surface area contributed by atoms with Crippen molar-refractivity contribution in [1.82, 2.24) is 0 Å². The van der Waals surface area contributed by atoms with E-state index in [9.17, 15) is 14.0 Å². The molecule has 0 aliphatic rings. The maximum atomic E-state index is 13.6. The predicted octanol–water partition coefficient (Wildman–Crippen LogP) is 4.08. The molecule has 0 bridgehead atoms. The van der Waals surface area contributed by atoms with Gasteiger partial charge in [-0.25, -0.2) is 9.18 Å². The van der Waals surface area contributed by atoms with Crippen LogP contribution in [-0.2, 0) is 0 Å². The lowest BCUT2D eigenvalue weighted by molar-refractivity contribution is 0.0696. The number of anilines is 1. The zero-order valence-electron chi connectivity index (χ0n) is 10.4. The molecule has 0 unspecified atom stereocenters. The Hall–Kier alpha value is -2.11. The SMILES string of the molecule is O=C(O)c1ccc(F)c(NC(=O)c2ccc(Cl)cc2Cl)c1. The summed E-state index contributed by atoms with van der Waals surface area (Å²) in [5.74, 6) is -2.65. The number of aromatic carboxylic acids is 1. The van der Waals surface area contributed by atoms with Gasteiger partial charge in [-0.2, -0.15) is 0 Å². The van der Waals surface area contributed by atoms with E-state index >= 15 is 0 Å². The van der Waals surface area contributed by atoms with Crippen molar-refractivity contribution in [2.75, 3.05) is 5.32 Å². The first kappa shape index (κ1) is 15.3. The van der Waals surface area contributed by atoms with Crippen LogP contribution in [0.5, 0.6) is 0 Å². The first-order valence-electron chi connectivity index (χ1n) is 5.67. The molecule has 2 aromatic carbocycles. The predicted molar refractivity (Wildman–Crippen MR) is 77.8 cm³/mol. The molecular formula is C14H8Cl2FNO3. The van der Waals surface area contributed by atoms with Crippen LogP contribution in [0.15, 0.2) is 36.4 Å². The Labute approximate surface area is 129 Å². The fourth-order valence-electron chi connectivity index (χ4n) is 1.62. The van der Waals surface area contributed by atoms with E-state index < -0.39 is 17.7 Å². The van der Waals surface area contributed by atoms with E-state index in [1.54, 1.807) is 0 Å². The molecule has 0 fully saturated rings. The van der Waals surface area contributed by atoms with Gasteiger partial charge in [0.1, 0.15) is 5.82 Å². The van der Waals surface area contributed by atoms with Gasteiger partial charge in [0, 0.05) is 5.02 Å². The molecule has 0 heterocycles. The van der Waals surface area contributed by atoms with Gasteiger partial charge in [-0.1, -0.05) is 23.2 Å². The zero-order chi connectivity index (χ0) is 15.6. The lowest BCUT2D eigenvalue weighted by atomic mass is 10.1. The largest absolute Gasteiger partial charge is 0.478 e. The number of carboxylic acids is 1. The van der Waals surface area contributed by atoms with Crippen LogP contribution in [-0.4, -0.2) is 17.0 Å². The third-order valence-corrected chi connectivity index (χ3v) is 3.19. The monoisotopic (exact) mass is 327 g/mol. The lowest BCUT2D eigenvalue weighted by Crippen LogP contribution is -2.14. The summed E-state index contributed by atoms with van der Waals surface area (Å²) in [6.07, 6.45) is 0. The summed E-state index contributed by atoms with van der Waals surface area (Å²) in [7, 11) is 0. The van der Waals surface area contributed by atoms with Gasteiger partial charge in [-0.05, 0) is 36.4 Å².